The van der Waals surface area contributed by atoms with Gasteiger partial charge in [0.05, 0.1) is 0 Å². The van der Waals surface area contributed by atoms with Crippen molar-refractivity contribution in [1.29, 1.82) is 0 Å². The van der Waals surface area contributed by atoms with Crippen molar-refractivity contribution < 1.29 is 14.6 Å². The third-order valence-electron chi connectivity index (χ3n) is 5.18. The minimum Gasteiger partial charge on any atom is -0.492 e. The average molecular weight is 402 g/mol. The fourth-order valence-electron chi connectivity index (χ4n) is 3.67. The Labute approximate surface area is 177 Å². The zero-order chi connectivity index (χ0) is 20.8. The van der Waals surface area contributed by atoms with Gasteiger partial charge in [-0.3, -0.25) is 9.88 Å². The number of ether oxygens (including phenoxy) is 2. The molecule has 0 saturated carbocycles. The molecule has 1 unspecified atom stereocenters. The van der Waals surface area contributed by atoms with Gasteiger partial charge in [0.25, 0.3) is 0 Å². The Kier molecular flexibility index (Phi) is 6.42. The number of hydrogen-bond donors (Lipinski definition) is 1. The predicted octanol–water partition coefficient (Wildman–Crippen LogP) is 4.12. The highest BCUT2D eigenvalue weighted by atomic mass is 16.5. The van der Waals surface area contributed by atoms with Crippen LogP contribution in [0, 0.1) is 0 Å². The van der Waals surface area contributed by atoms with Crippen molar-refractivity contribution >= 4 is 0 Å². The number of hydrogen-bond acceptors (Lipinski definition) is 5. The maximum Gasteiger partial charge on any atom is 0.124 e. The van der Waals surface area contributed by atoms with E-state index in [9.17, 15) is 5.11 Å². The Hall–Kier alpha value is -3.15. The first-order valence-electron chi connectivity index (χ1n) is 10.1. The van der Waals surface area contributed by atoms with Crippen LogP contribution in [0.3, 0.4) is 0 Å². The van der Waals surface area contributed by atoms with E-state index in [0.29, 0.717) is 13.2 Å². The molecule has 0 aliphatic carbocycles. The number of pyridine rings is 1. The smallest absolute Gasteiger partial charge is 0.124 e. The Bertz CT molecular complexity index is 991. The van der Waals surface area contributed by atoms with Gasteiger partial charge in [-0.15, -0.1) is 0 Å². The third-order valence-corrected chi connectivity index (χ3v) is 5.18. The maximum atomic E-state index is 10.8. The molecule has 2 heterocycles. The molecule has 4 rings (SSSR count). The van der Waals surface area contributed by atoms with Crippen LogP contribution in [-0.2, 0) is 13.1 Å². The van der Waals surface area contributed by atoms with Crippen molar-refractivity contribution in [3.63, 3.8) is 0 Å². The SMILES string of the molecule is C=CCOc1ccccc1CN1CCOc2ccc(C(O)c3cccnc3)cc2C1. The van der Waals surface area contributed by atoms with Gasteiger partial charge in [-0.2, -0.15) is 0 Å². The molecule has 1 aliphatic heterocycles. The molecule has 0 bridgehead atoms. The Morgan fingerprint density at radius 3 is 2.90 bits per heavy atom. The first kappa shape index (κ1) is 20.1. The molecule has 1 aromatic heterocycles. The summed E-state index contributed by atoms with van der Waals surface area (Å²) in [5.41, 5.74) is 3.81. The molecule has 30 heavy (non-hydrogen) atoms. The fourth-order valence-corrected chi connectivity index (χ4v) is 3.67. The summed E-state index contributed by atoms with van der Waals surface area (Å²) >= 11 is 0. The number of benzene rings is 2. The molecule has 3 aromatic rings. The van der Waals surface area contributed by atoms with Gasteiger partial charge in [0.1, 0.15) is 30.8 Å². The third kappa shape index (κ3) is 4.70. The minimum atomic E-state index is -0.714. The van der Waals surface area contributed by atoms with Gasteiger partial charge in [0, 0.05) is 48.7 Å². The van der Waals surface area contributed by atoms with Crippen molar-refractivity contribution in [3.8, 4) is 11.5 Å². The second-order valence-electron chi connectivity index (χ2n) is 7.32. The molecule has 2 aromatic carbocycles. The van der Waals surface area contributed by atoms with E-state index in [-0.39, 0.29) is 0 Å². The lowest BCUT2D eigenvalue weighted by molar-refractivity contribution is 0.216. The molecule has 154 valence electrons. The number of aliphatic hydroxyl groups excluding tert-OH is 1. The first-order chi connectivity index (χ1) is 14.7. The highest BCUT2D eigenvalue weighted by Gasteiger charge is 2.19. The summed E-state index contributed by atoms with van der Waals surface area (Å²) in [4.78, 5) is 6.45. The second kappa shape index (κ2) is 9.57. The summed E-state index contributed by atoms with van der Waals surface area (Å²) in [7, 11) is 0. The lowest BCUT2D eigenvalue weighted by Gasteiger charge is -2.21. The van der Waals surface area contributed by atoms with Gasteiger partial charge in [-0.1, -0.05) is 43.0 Å². The van der Waals surface area contributed by atoms with Crippen molar-refractivity contribution in [2.45, 2.75) is 19.2 Å². The maximum absolute atomic E-state index is 10.8. The number of aromatic nitrogens is 1. The van der Waals surface area contributed by atoms with E-state index >= 15 is 0 Å². The molecule has 0 spiro atoms. The van der Waals surface area contributed by atoms with Gasteiger partial charge in [0.2, 0.25) is 0 Å². The Balaban J connectivity index is 1.54. The van der Waals surface area contributed by atoms with E-state index in [1.54, 1.807) is 18.5 Å². The van der Waals surface area contributed by atoms with Gasteiger partial charge in [-0.05, 0) is 29.8 Å². The van der Waals surface area contributed by atoms with Crippen molar-refractivity contribution in [1.82, 2.24) is 9.88 Å². The predicted molar refractivity (Wildman–Crippen MR) is 116 cm³/mol. The summed E-state index contributed by atoms with van der Waals surface area (Å²) in [6, 6.07) is 17.7. The molecule has 5 nitrogen and oxygen atoms in total. The lowest BCUT2D eigenvalue weighted by Crippen LogP contribution is -2.25. The number of rotatable bonds is 7. The van der Waals surface area contributed by atoms with Crippen LogP contribution >= 0.6 is 0 Å². The first-order valence-corrected chi connectivity index (χ1v) is 10.1. The van der Waals surface area contributed by atoms with Crippen molar-refractivity contribution in [2.24, 2.45) is 0 Å². The molecular weight excluding hydrogens is 376 g/mol. The minimum absolute atomic E-state index is 0.485. The van der Waals surface area contributed by atoms with Crippen molar-refractivity contribution in [3.05, 3.63) is 102 Å². The second-order valence-corrected chi connectivity index (χ2v) is 7.32. The van der Waals surface area contributed by atoms with E-state index in [2.05, 4.69) is 22.5 Å². The Morgan fingerprint density at radius 2 is 2.07 bits per heavy atom. The van der Waals surface area contributed by atoms with E-state index < -0.39 is 6.10 Å². The summed E-state index contributed by atoms with van der Waals surface area (Å²) in [6.45, 7) is 7.13. The van der Waals surface area contributed by atoms with Gasteiger partial charge in [-0.25, -0.2) is 0 Å². The van der Waals surface area contributed by atoms with Crippen LogP contribution in [0.4, 0.5) is 0 Å². The number of aliphatic hydroxyl groups is 1. The summed E-state index contributed by atoms with van der Waals surface area (Å²) < 4.78 is 11.8. The van der Waals surface area contributed by atoms with Gasteiger partial charge < -0.3 is 14.6 Å². The molecule has 1 aliphatic rings. The standard InChI is InChI=1S/C25H26N2O3/c1-2-13-29-23-8-4-3-6-21(23)17-27-12-14-30-24-10-9-19(15-22(24)18-27)25(28)20-7-5-11-26-16-20/h2-11,15-16,25,28H,1,12-14,17-18H2. The van der Waals surface area contributed by atoms with Crippen LogP contribution in [0.2, 0.25) is 0 Å². The van der Waals surface area contributed by atoms with Crippen LogP contribution in [0.5, 0.6) is 11.5 Å². The number of nitrogens with zero attached hydrogens (tertiary/aromatic N) is 2. The normalized spacial score (nSPS) is 14.8. The van der Waals surface area contributed by atoms with Gasteiger partial charge in [0.15, 0.2) is 0 Å². The van der Waals surface area contributed by atoms with Crippen LogP contribution in [-0.4, -0.2) is 34.7 Å². The number of fused-ring (bicyclic) bond motifs is 1. The summed E-state index contributed by atoms with van der Waals surface area (Å²) in [5, 5.41) is 10.8. The van der Waals surface area contributed by atoms with E-state index in [0.717, 1.165) is 53.4 Å². The molecule has 0 saturated heterocycles. The molecule has 5 heteroatoms. The topological polar surface area (TPSA) is 54.8 Å². The van der Waals surface area contributed by atoms with Crippen LogP contribution in [0.1, 0.15) is 28.4 Å². The summed E-state index contributed by atoms with van der Waals surface area (Å²) in [5.74, 6) is 1.75. The Morgan fingerprint density at radius 1 is 1.17 bits per heavy atom. The van der Waals surface area contributed by atoms with E-state index in [4.69, 9.17) is 9.47 Å². The highest BCUT2D eigenvalue weighted by Crippen LogP contribution is 2.30. The zero-order valence-electron chi connectivity index (χ0n) is 16.9. The molecule has 0 fully saturated rings. The molecule has 0 radical (unpaired) electrons. The largest absolute Gasteiger partial charge is 0.492 e. The molecular formula is C25H26N2O3. The average Bonchev–Trinajstić information content (AvgIpc) is 2.99. The van der Waals surface area contributed by atoms with E-state index in [1.165, 1.54) is 0 Å². The number of para-hydroxylation sites is 1. The highest BCUT2D eigenvalue weighted by molar-refractivity contribution is 5.41. The van der Waals surface area contributed by atoms with Crippen LogP contribution in [0.25, 0.3) is 0 Å². The molecule has 1 N–H and O–H groups in total. The zero-order valence-corrected chi connectivity index (χ0v) is 16.9. The van der Waals surface area contributed by atoms with E-state index in [1.807, 2.05) is 48.5 Å². The van der Waals surface area contributed by atoms with Gasteiger partial charge >= 0.3 is 0 Å². The molecule has 1 atom stereocenters. The summed E-state index contributed by atoms with van der Waals surface area (Å²) in [6.07, 6.45) is 4.44. The van der Waals surface area contributed by atoms with Crippen molar-refractivity contribution in [2.75, 3.05) is 19.8 Å². The molecule has 0 amide bonds. The van der Waals surface area contributed by atoms with Crippen LogP contribution in [0.15, 0.2) is 79.6 Å². The van der Waals surface area contributed by atoms with Crippen LogP contribution < -0.4 is 9.47 Å². The monoisotopic (exact) mass is 402 g/mol. The quantitative estimate of drug-likeness (QED) is 0.603. The fraction of sp³-hybridized carbons (Fsp3) is 0.240. The lowest BCUT2D eigenvalue weighted by atomic mass is 10.00.